The molecule has 0 spiro atoms. The molecule has 0 unspecified atom stereocenters. The molecule has 0 aliphatic rings. The quantitative estimate of drug-likeness (QED) is 0.162. The normalized spacial score (nSPS) is 10.7. The van der Waals surface area contributed by atoms with Crippen LogP contribution in [0.1, 0.15) is 124 Å². The third-order valence-corrected chi connectivity index (χ3v) is 4.87. The van der Waals surface area contributed by atoms with Crippen LogP contribution < -0.4 is 29.6 Å². The maximum Gasteiger partial charge on any atom is 1.00 e. The first kappa shape index (κ1) is 34.3. The van der Waals surface area contributed by atoms with Gasteiger partial charge < -0.3 is 16.7 Å². The third-order valence-electron chi connectivity index (χ3n) is 4.87. The summed E-state index contributed by atoms with van der Waals surface area (Å²) in [4.78, 5) is 21.4. The van der Waals surface area contributed by atoms with Gasteiger partial charge in [-0.1, -0.05) is 103 Å². The summed E-state index contributed by atoms with van der Waals surface area (Å²) in [5.41, 5.74) is 0.00265. The first-order chi connectivity index (χ1) is 14.0. The van der Waals surface area contributed by atoms with Crippen LogP contribution in [0.25, 0.3) is 0 Å². The Hall–Kier alpha value is -0.360. The predicted molar refractivity (Wildman–Crippen MR) is 121 cm³/mol. The molecular weight excluding hydrogens is 391 g/mol. The molecule has 0 saturated heterocycles. The molecule has 0 bridgehead atoms. The van der Waals surface area contributed by atoms with Crippen molar-refractivity contribution in [3.8, 4) is 0 Å². The molecule has 0 aromatic rings. The Balaban J connectivity index is -0.000000685. The second kappa shape index (κ2) is 28.6. The summed E-state index contributed by atoms with van der Waals surface area (Å²) in [6.45, 7) is 4.19. The summed E-state index contributed by atoms with van der Waals surface area (Å²) in [6.07, 6.45) is 21.6. The van der Waals surface area contributed by atoms with E-state index in [0.29, 0.717) is 6.42 Å². The summed E-state index contributed by atoms with van der Waals surface area (Å²) >= 11 is 0. The van der Waals surface area contributed by atoms with Gasteiger partial charge in [0.25, 0.3) is 0 Å². The van der Waals surface area contributed by atoms with Crippen molar-refractivity contribution in [1.29, 1.82) is 0 Å². The van der Waals surface area contributed by atoms with Crippen molar-refractivity contribution in [2.75, 3.05) is 6.61 Å². The van der Waals surface area contributed by atoms with Gasteiger partial charge in [-0.25, -0.2) is 9.59 Å². The Morgan fingerprint density at radius 2 is 0.967 bits per heavy atom. The van der Waals surface area contributed by atoms with Gasteiger partial charge in [0.2, 0.25) is 0 Å². The van der Waals surface area contributed by atoms with E-state index in [4.69, 9.17) is 15.3 Å². The third kappa shape index (κ3) is 29.8. The van der Waals surface area contributed by atoms with E-state index >= 15 is 0 Å². The van der Waals surface area contributed by atoms with Crippen molar-refractivity contribution >= 4 is 11.9 Å². The molecule has 6 heteroatoms. The number of rotatable bonds is 19. The van der Waals surface area contributed by atoms with Gasteiger partial charge in [-0.2, -0.15) is 0 Å². The number of aliphatic carboxylic acids is 2. The first-order valence-corrected chi connectivity index (χ1v) is 11.8. The van der Waals surface area contributed by atoms with Crippen molar-refractivity contribution in [3.63, 3.8) is 0 Å². The molecule has 0 heterocycles. The van der Waals surface area contributed by atoms with Gasteiger partial charge in [-0.05, 0) is 19.8 Å². The van der Waals surface area contributed by atoms with Crippen LogP contribution in [0.15, 0.2) is 11.6 Å². The first-order valence-electron chi connectivity index (χ1n) is 11.8. The minimum atomic E-state index is -1.18. The molecule has 0 saturated carbocycles. The van der Waals surface area contributed by atoms with Gasteiger partial charge in [0, 0.05) is 18.3 Å². The number of carboxylic acids is 2. The number of unbranched alkanes of at least 4 members (excludes halogenated alkanes) is 15. The average molecular weight is 439 g/mol. The largest absolute Gasteiger partial charge is 1.00 e. The molecule has 174 valence electrons. The molecule has 0 amide bonds. The van der Waals surface area contributed by atoms with E-state index in [1.54, 1.807) is 6.92 Å². The number of aliphatic hydroxyl groups is 1. The van der Waals surface area contributed by atoms with E-state index in [1.165, 1.54) is 83.5 Å². The molecule has 0 radical (unpaired) electrons. The Kier molecular flexibility index (Phi) is 32.7. The second-order valence-electron chi connectivity index (χ2n) is 7.68. The number of aliphatic hydroxyl groups excluding tert-OH is 1. The zero-order chi connectivity index (χ0) is 22.2. The molecular formula is C24H47NaO5. The molecule has 0 atom stereocenters. The van der Waals surface area contributed by atoms with Gasteiger partial charge in [-0.15, -0.1) is 0 Å². The monoisotopic (exact) mass is 438 g/mol. The van der Waals surface area contributed by atoms with Crippen LogP contribution >= 0.6 is 0 Å². The summed E-state index contributed by atoms with van der Waals surface area (Å²) in [6, 6.07) is 0. The van der Waals surface area contributed by atoms with E-state index in [-0.39, 0.29) is 43.2 Å². The number of hydrogen-bond acceptors (Lipinski definition) is 3. The SMILES string of the molecule is CCCCCCCCCCCCCCCCCC/C(=C\C(=O)O)C(=O)O.CCO.[H-].[Na+]. The molecule has 0 aliphatic carbocycles. The number of carbonyl (C=O) groups is 2. The summed E-state index contributed by atoms with van der Waals surface area (Å²) < 4.78 is 0. The van der Waals surface area contributed by atoms with Gasteiger partial charge in [0.1, 0.15) is 0 Å². The summed E-state index contributed by atoms with van der Waals surface area (Å²) in [5, 5.41) is 25.1. The molecule has 0 rings (SSSR count). The van der Waals surface area contributed by atoms with Crippen molar-refractivity contribution in [3.05, 3.63) is 11.6 Å². The predicted octanol–water partition coefficient (Wildman–Crippen LogP) is 3.85. The van der Waals surface area contributed by atoms with E-state index in [0.717, 1.165) is 25.3 Å². The molecule has 0 fully saturated rings. The van der Waals surface area contributed by atoms with Crippen LogP contribution in [0.4, 0.5) is 0 Å². The molecule has 3 N–H and O–H groups in total. The summed E-state index contributed by atoms with van der Waals surface area (Å²) in [5.74, 6) is -2.30. The Labute approximate surface area is 208 Å². The fourth-order valence-electron chi connectivity index (χ4n) is 3.25. The zero-order valence-corrected chi connectivity index (χ0v) is 22.0. The van der Waals surface area contributed by atoms with E-state index in [1.807, 2.05) is 0 Å². The number of carboxylic acid groups (broad SMARTS) is 2. The van der Waals surface area contributed by atoms with E-state index in [9.17, 15) is 9.59 Å². The Morgan fingerprint density at radius 3 is 1.23 bits per heavy atom. The minimum absolute atomic E-state index is 0. The van der Waals surface area contributed by atoms with Crippen LogP contribution in [0, 0.1) is 0 Å². The maximum absolute atomic E-state index is 10.9. The van der Waals surface area contributed by atoms with Crippen molar-refractivity contribution in [2.45, 2.75) is 123 Å². The van der Waals surface area contributed by atoms with Crippen molar-refractivity contribution in [1.82, 2.24) is 0 Å². The van der Waals surface area contributed by atoms with Gasteiger partial charge in [-0.3, -0.25) is 0 Å². The van der Waals surface area contributed by atoms with Crippen LogP contribution in [0.5, 0.6) is 0 Å². The van der Waals surface area contributed by atoms with Gasteiger partial charge in [0.15, 0.2) is 0 Å². The van der Waals surface area contributed by atoms with Crippen LogP contribution in [-0.4, -0.2) is 33.9 Å². The van der Waals surface area contributed by atoms with E-state index in [2.05, 4.69) is 6.92 Å². The molecule has 0 aromatic heterocycles. The van der Waals surface area contributed by atoms with E-state index < -0.39 is 11.9 Å². The topological polar surface area (TPSA) is 94.8 Å². The summed E-state index contributed by atoms with van der Waals surface area (Å²) in [7, 11) is 0. The molecule has 5 nitrogen and oxygen atoms in total. The Morgan fingerprint density at radius 1 is 0.667 bits per heavy atom. The Bertz CT molecular complexity index is 417. The molecule has 0 aromatic carbocycles. The van der Waals surface area contributed by atoms with Crippen molar-refractivity contribution < 1.29 is 55.9 Å². The smallest absolute Gasteiger partial charge is 1.00 e. The second-order valence-corrected chi connectivity index (χ2v) is 7.68. The maximum atomic E-state index is 10.9. The van der Waals surface area contributed by atoms with Crippen LogP contribution in [-0.2, 0) is 9.59 Å². The van der Waals surface area contributed by atoms with Crippen molar-refractivity contribution in [2.24, 2.45) is 0 Å². The standard InChI is InChI=1S/C22H40O4.C2H6O.Na.H/c1-2-3-4-5-6-7-8-9-10-11-12-13-14-15-16-17-18-20(22(25)26)19-21(23)24;1-2-3;;/h19H,2-18H2,1H3,(H,23,24)(H,25,26);3H,2H2,1H3;;/q;;+1;-1/b20-19+;;;. The average Bonchev–Trinajstić information content (AvgIpc) is 2.67. The zero-order valence-electron chi connectivity index (χ0n) is 21.0. The van der Waals surface area contributed by atoms with Crippen LogP contribution in [0.3, 0.4) is 0 Å². The van der Waals surface area contributed by atoms with Gasteiger partial charge in [0.05, 0.1) is 0 Å². The fourth-order valence-corrected chi connectivity index (χ4v) is 3.25. The molecule has 0 aliphatic heterocycles. The fraction of sp³-hybridized carbons (Fsp3) is 0.833. The van der Waals surface area contributed by atoms with Gasteiger partial charge >= 0.3 is 41.5 Å². The minimum Gasteiger partial charge on any atom is -1.00 e. The molecule has 30 heavy (non-hydrogen) atoms. The number of hydrogen-bond donors (Lipinski definition) is 3. The van der Waals surface area contributed by atoms with Crippen LogP contribution in [0.2, 0.25) is 0 Å².